The summed E-state index contributed by atoms with van der Waals surface area (Å²) in [5.41, 5.74) is 7.88. The van der Waals surface area contributed by atoms with Crippen LogP contribution in [0.4, 0.5) is 4.39 Å². The molecule has 4 rings (SSSR count). The van der Waals surface area contributed by atoms with Gasteiger partial charge >= 0.3 is 0 Å². The first-order valence-electron chi connectivity index (χ1n) is 11.1. The Balaban J connectivity index is 0.00000204. The van der Waals surface area contributed by atoms with Crippen molar-refractivity contribution in [1.82, 2.24) is 14.7 Å². The summed E-state index contributed by atoms with van der Waals surface area (Å²) in [5.74, 6) is -0.236. The molecule has 6 nitrogen and oxygen atoms in total. The molecule has 1 saturated heterocycles. The number of aromatic nitrogens is 2. The van der Waals surface area contributed by atoms with Gasteiger partial charge in [-0.15, -0.1) is 24.8 Å². The zero-order valence-electron chi connectivity index (χ0n) is 19.1. The second-order valence-corrected chi connectivity index (χ2v) is 9.85. The lowest BCUT2D eigenvalue weighted by atomic mass is 9.93. The fraction of sp³-hybridized carbons (Fsp3) is 0.458. The summed E-state index contributed by atoms with van der Waals surface area (Å²) in [4.78, 5) is 27.2. The van der Waals surface area contributed by atoms with Crippen molar-refractivity contribution in [3.8, 4) is 0 Å². The van der Waals surface area contributed by atoms with E-state index in [1.807, 2.05) is 18.3 Å². The van der Waals surface area contributed by atoms with Crippen molar-refractivity contribution in [1.29, 1.82) is 0 Å². The van der Waals surface area contributed by atoms with Crippen LogP contribution < -0.4 is 5.73 Å². The number of hydrogen-bond donors (Lipinski definition) is 1. The number of benzene rings is 1. The number of hydrogen-bond acceptors (Lipinski definition) is 6. The molecule has 1 aliphatic carbocycles. The number of rotatable bonds is 8. The SMILES string of the molecule is CC(=O)SC1CCN(C(C(=O)C2CC2)c2ccccc2F)CC1=Cc1ccn(CCN)n1.Cl.Cl. The van der Waals surface area contributed by atoms with Crippen molar-refractivity contribution in [2.75, 3.05) is 19.6 Å². The number of ketones is 1. The second-order valence-electron chi connectivity index (χ2n) is 8.47. The van der Waals surface area contributed by atoms with E-state index in [0.717, 1.165) is 24.1 Å². The fourth-order valence-corrected chi connectivity index (χ4v) is 5.21. The Morgan fingerprint density at radius 1 is 1.24 bits per heavy atom. The van der Waals surface area contributed by atoms with Crippen molar-refractivity contribution in [3.63, 3.8) is 0 Å². The molecule has 2 atom stereocenters. The van der Waals surface area contributed by atoms with E-state index in [1.54, 1.807) is 29.8 Å². The molecular formula is C24H31Cl2FN4O2S. The Bertz CT molecular complexity index is 1030. The molecule has 2 aromatic rings. The summed E-state index contributed by atoms with van der Waals surface area (Å²) in [5, 5.41) is 4.62. The number of carbonyl (C=O) groups excluding carboxylic acids is 2. The lowest BCUT2D eigenvalue weighted by molar-refractivity contribution is -0.126. The van der Waals surface area contributed by atoms with E-state index in [1.165, 1.54) is 17.8 Å². The summed E-state index contributed by atoms with van der Waals surface area (Å²) in [6.45, 7) is 3.82. The van der Waals surface area contributed by atoms with Crippen LogP contribution in [0.15, 0.2) is 42.1 Å². The van der Waals surface area contributed by atoms with Crippen LogP contribution in [-0.4, -0.2) is 50.5 Å². The number of likely N-dealkylation sites (tertiary alicyclic amines) is 1. The van der Waals surface area contributed by atoms with Crippen LogP contribution in [0.3, 0.4) is 0 Å². The van der Waals surface area contributed by atoms with Crippen molar-refractivity contribution in [2.45, 2.75) is 44.0 Å². The Morgan fingerprint density at radius 2 is 1.97 bits per heavy atom. The number of Topliss-reactive ketones (excluding diaryl/α,β-unsaturated/α-hetero) is 1. The molecule has 1 aromatic carbocycles. The maximum absolute atomic E-state index is 14.7. The number of nitrogens with two attached hydrogens (primary N) is 1. The molecule has 186 valence electrons. The largest absolute Gasteiger partial charge is 0.329 e. The van der Waals surface area contributed by atoms with Crippen molar-refractivity contribution < 1.29 is 14.0 Å². The van der Waals surface area contributed by atoms with E-state index < -0.39 is 6.04 Å². The molecule has 2 heterocycles. The first kappa shape index (κ1) is 28.5. The van der Waals surface area contributed by atoms with Gasteiger partial charge in [-0.25, -0.2) is 4.39 Å². The molecule has 2 fully saturated rings. The van der Waals surface area contributed by atoms with Gasteiger partial charge in [0.1, 0.15) is 5.82 Å². The first-order chi connectivity index (χ1) is 15.5. The molecular weight excluding hydrogens is 498 g/mol. The lowest BCUT2D eigenvalue weighted by Crippen LogP contribution is -2.43. The molecule has 1 aromatic heterocycles. The average molecular weight is 530 g/mol. The number of piperidine rings is 1. The highest BCUT2D eigenvalue weighted by Gasteiger charge is 2.41. The van der Waals surface area contributed by atoms with Gasteiger partial charge in [-0.05, 0) is 43.0 Å². The third kappa shape index (κ3) is 6.92. The monoisotopic (exact) mass is 528 g/mol. The minimum Gasteiger partial charge on any atom is -0.329 e. The molecule has 1 saturated carbocycles. The van der Waals surface area contributed by atoms with E-state index >= 15 is 0 Å². The Kier molecular flexibility index (Phi) is 10.8. The molecule has 0 amide bonds. The maximum atomic E-state index is 14.7. The molecule has 2 aliphatic rings. The Morgan fingerprint density at radius 3 is 2.62 bits per heavy atom. The first-order valence-corrected chi connectivity index (χ1v) is 12.0. The standard InChI is InChI=1S/C24H29FN4O2S.2ClH/c1-16(30)32-22-9-11-28(15-18(22)14-19-8-12-29(27-19)13-10-26)23(24(31)17-6-7-17)20-4-2-3-5-21(20)25;;/h2-5,8,12,14,17,22-23H,6-7,9-11,13,15,26H2,1H3;2*1H. The summed E-state index contributed by atoms with van der Waals surface area (Å²) in [6, 6.07) is 7.88. The van der Waals surface area contributed by atoms with E-state index in [2.05, 4.69) is 10.00 Å². The van der Waals surface area contributed by atoms with Crippen molar-refractivity contribution in [3.05, 3.63) is 59.2 Å². The molecule has 0 bridgehead atoms. The third-order valence-corrected chi connectivity index (χ3v) is 7.11. The van der Waals surface area contributed by atoms with Crippen LogP contribution in [0.2, 0.25) is 0 Å². The summed E-state index contributed by atoms with van der Waals surface area (Å²) >= 11 is 1.31. The molecule has 34 heavy (non-hydrogen) atoms. The van der Waals surface area contributed by atoms with Gasteiger partial charge in [0.25, 0.3) is 0 Å². The van der Waals surface area contributed by atoms with E-state index in [0.29, 0.717) is 38.2 Å². The minimum atomic E-state index is -0.606. The van der Waals surface area contributed by atoms with Crippen LogP contribution in [0.1, 0.15) is 43.5 Å². The second kappa shape index (κ2) is 12.8. The molecule has 2 N–H and O–H groups in total. The van der Waals surface area contributed by atoms with E-state index in [-0.39, 0.29) is 52.7 Å². The Labute approximate surface area is 216 Å². The predicted molar refractivity (Wildman–Crippen MR) is 139 cm³/mol. The zero-order chi connectivity index (χ0) is 22.7. The smallest absolute Gasteiger partial charge is 0.186 e. The van der Waals surface area contributed by atoms with Gasteiger partial charge in [-0.2, -0.15) is 5.10 Å². The van der Waals surface area contributed by atoms with E-state index in [9.17, 15) is 14.0 Å². The van der Waals surface area contributed by atoms with Crippen LogP contribution in [-0.2, 0) is 16.1 Å². The lowest BCUT2D eigenvalue weighted by Gasteiger charge is -2.38. The third-order valence-electron chi connectivity index (χ3n) is 5.95. The molecule has 2 unspecified atom stereocenters. The summed E-state index contributed by atoms with van der Waals surface area (Å²) < 4.78 is 16.5. The maximum Gasteiger partial charge on any atom is 0.186 e. The van der Waals surface area contributed by atoms with Crippen LogP contribution in [0.5, 0.6) is 0 Å². The number of nitrogens with zero attached hydrogens (tertiary/aromatic N) is 3. The minimum absolute atomic E-state index is 0. The molecule has 0 spiro atoms. The molecule has 0 radical (unpaired) electrons. The molecule has 1 aliphatic heterocycles. The van der Waals surface area contributed by atoms with Gasteiger partial charge in [0.2, 0.25) is 0 Å². The fourth-order valence-electron chi connectivity index (χ4n) is 4.30. The number of halogens is 3. The van der Waals surface area contributed by atoms with Crippen LogP contribution in [0, 0.1) is 11.7 Å². The van der Waals surface area contributed by atoms with Gasteiger partial charge in [-0.1, -0.05) is 30.0 Å². The molecule has 10 heteroatoms. The number of carbonyl (C=O) groups is 2. The highest BCUT2D eigenvalue weighted by Crippen LogP contribution is 2.40. The van der Waals surface area contributed by atoms with Gasteiger partial charge < -0.3 is 5.73 Å². The topological polar surface area (TPSA) is 81.2 Å². The average Bonchev–Trinajstić information content (AvgIpc) is 3.52. The predicted octanol–water partition coefficient (Wildman–Crippen LogP) is 4.28. The van der Waals surface area contributed by atoms with Gasteiger partial charge in [0.15, 0.2) is 10.9 Å². The normalized spacial score (nSPS) is 20.3. The highest BCUT2D eigenvalue weighted by molar-refractivity contribution is 8.14. The van der Waals surface area contributed by atoms with Crippen molar-refractivity contribution in [2.24, 2.45) is 11.7 Å². The van der Waals surface area contributed by atoms with E-state index in [4.69, 9.17) is 5.73 Å². The summed E-state index contributed by atoms with van der Waals surface area (Å²) in [6.07, 6.45) is 6.34. The summed E-state index contributed by atoms with van der Waals surface area (Å²) in [7, 11) is 0. The van der Waals surface area contributed by atoms with Crippen LogP contribution in [0.25, 0.3) is 6.08 Å². The van der Waals surface area contributed by atoms with Crippen LogP contribution >= 0.6 is 36.6 Å². The van der Waals surface area contributed by atoms with Gasteiger partial charge in [0, 0.05) is 49.5 Å². The zero-order valence-corrected chi connectivity index (χ0v) is 21.5. The highest BCUT2D eigenvalue weighted by atomic mass is 35.5. The van der Waals surface area contributed by atoms with Gasteiger partial charge in [0.05, 0.1) is 18.3 Å². The number of thioether (sulfide) groups is 1. The van der Waals surface area contributed by atoms with Gasteiger partial charge in [-0.3, -0.25) is 19.2 Å². The quantitative estimate of drug-likeness (QED) is 0.550. The Hall–Kier alpha value is -1.71. The van der Waals surface area contributed by atoms with Crippen molar-refractivity contribution >= 4 is 53.6 Å².